The van der Waals surface area contributed by atoms with E-state index in [1.165, 1.54) is 49.1 Å². The molecule has 2 aromatic carbocycles. The Balaban J connectivity index is 0.000000171. The Morgan fingerprint density at radius 1 is 0.886 bits per heavy atom. The van der Waals surface area contributed by atoms with E-state index in [9.17, 15) is 4.79 Å². The Bertz CT molecular complexity index is 1290. The van der Waals surface area contributed by atoms with Crippen LogP contribution in [0.4, 0.5) is 0 Å². The van der Waals surface area contributed by atoms with E-state index in [2.05, 4.69) is 52.4 Å². The molecule has 0 unspecified atom stereocenters. The predicted octanol–water partition coefficient (Wildman–Crippen LogP) is 2.61. The van der Waals surface area contributed by atoms with Crippen molar-refractivity contribution in [2.75, 3.05) is 0 Å². The van der Waals surface area contributed by atoms with E-state index in [0.29, 0.717) is 35.8 Å². The summed E-state index contributed by atoms with van der Waals surface area (Å²) in [6, 6.07) is 26.2. The van der Waals surface area contributed by atoms with Crippen molar-refractivity contribution in [3.63, 3.8) is 0 Å². The molecule has 6 rings (SSSR count). The zero-order valence-corrected chi connectivity index (χ0v) is 24.6. The fourth-order valence-corrected chi connectivity index (χ4v) is 9.60. The summed E-state index contributed by atoms with van der Waals surface area (Å²) in [6.45, 7) is 0. The Morgan fingerprint density at radius 2 is 1.60 bits per heavy atom. The van der Waals surface area contributed by atoms with Crippen LogP contribution in [0, 0.1) is 6.07 Å². The van der Waals surface area contributed by atoms with Gasteiger partial charge < -0.3 is 5.11 Å². The van der Waals surface area contributed by atoms with Crippen LogP contribution in [0.3, 0.4) is 0 Å². The molecule has 0 saturated heterocycles. The maximum absolute atomic E-state index is 10.6. The van der Waals surface area contributed by atoms with Crippen molar-refractivity contribution in [1.82, 2.24) is 9.97 Å². The second-order valence-electron chi connectivity index (χ2n) is 8.20. The number of pyridine rings is 2. The van der Waals surface area contributed by atoms with E-state index in [4.69, 9.17) is 5.11 Å². The molecular weight excluding hydrogens is 746 g/mol. The van der Waals surface area contributed by atoms with Gasteiger partial charge in [-0.3, -0.25) is 0 Å². The molecular formula is C28H23IrN2O2Se2-. The number of nitrogens with zero attached hydrogens (tertiary/aromatic N) is 2. The third-order valence-electron chi connectivity index (χ3n) is 5.94. The zero-order valence-electron chi connectivity index (χ0n) is 18.8. The van der Waals surface area contributed by atoms with Crippen molar-refractivity contribution in [2.45, 2.75) is 31.6 Å². The van der Waals surface area contributed by atoms with Crippen LogP contribution in [-0.2, 0) is 20.1 Å². The molecule has 2 aliphatic rings. The minimum absolute atomic E-state index is 0. The Morgan fingerprint density at radius 3 is 2.23 bits per heavy atom. The first-order chi connectivity index (χ1) is 16.7. The van der Waals surface area contributed by atoms with Crippen LogP contribution in [0.25, 0.3) is 11.3 Å². The number of fused-ring (bicyclic) bond motifs is 2. The van der Waals surface area contributed by atoms with Crippen LogP contribution in [0.1, 0.15) is 47.7 Å². The minimum atomic E-state index is -0.956. The van der Waals surface area contributed by atoms with Gasteiger partial charge in [0.1, 0.15) is 5.69 Å². The number of carboxylic acids is 1. The number of benzene rings is 2. The number of aromatic carboxylic acids is 1. The summed E-state index contributed by atoms with van der Waals surface area (Å²) >= 11 is 0.829. The van der Waals surface area contributed by atoms with Crippen LogP contribution in [-0.4, -0.2) is 51.0 Å². The van der Waals surface area contributed by atoms with Gasteiger partial charge in [-0.15, -0.1) is 0 Å². The quantitative estimate of drug-likeness (QED) is 0.227. The first-order valence-electron chi connectivity index (χ1n) is 11.3. The third kappa shape index (κ3) is 6.37. The summed E-state index contributed by atoms with van der Waals surface area (Å²) in [5, 5.41) is 8.68. The molecule has 7 heteroatoms. The van der Waals surface area contributed by atoms with Gasteiger partial charge in [0.2, 0.25) is 0 Å². The van der Waals surface area contributed by atoms with Gasteiger partial charge in [0.25, 0.3) is 0 Å². The number of carbonyl (C=O) groups is 1. The molecule has 4 nitrogen and oxygen atoms in total. The molecule has 35 heavy (non-hydrogen) atoms. The number of hydrogen-bond acceptors (Lipinski definition) is 3. The fraction of sp³-hybridized carbons (Fsp3) is 0.179. The standard InChI is InChI=1S/C17H10NSe2.C11H13NO2.Ir/c1-2-7-15-14(6-1)19-16-9-8-12(11-17(16)20-15)13-5-3-4-10-18-13;13-11(14)10-6-5-9(7-12-10)8-3-1-2-4-8;/h1-7,9-11H;5-8H,1-4H2,(H,13,14);/q-1;;. The van der Waals surface area contributed by atoms with Crippen molar-refractivity contribution >= 4 is 53.7 Å². The summed E-state index contributed by atoms with van der Waals surface area (Å²) in [7, 11) is 0. The van der Waals surface area contributed by atoms with Gasteiger partial charge in [0, 0.05) is 26.3 Å². The van der Waals surface area contributed by atoms with Crippen LogP contribution in [0.5, 0.6) is 0 Å². The molecule has 0 amide bonds. The van der Waals surface area contributed by atoms with E-state index >= 15 is 0 Å². The van der Waals surface area contributed by atoms with Crippen LogP contribution >= 0.6 is 0 Å². The molecule has 4 aromatic rings. The van der Waals surface area contributed by atoms with Crippen LogP contribution < -0.4 is 17.8 Å². The van der Waals surface area contributed by atoms with Crippen molar-refractivity contribution in [2.24, 2.45) is 0 Å². The van der Waals surface area contributed by atoms with E-state index < -0.39 is 5.97 Å². The summed E-state index contributed by atoms with van der Waals surface area (Å²) < 4.78 is 6.05. The Labute approximate surface area is 231 Å². The fourth-order valence-electron chi connectivity index (χ4n) is 4.18. The Hall–Kier alpha value is -2.10. The average molecular weight is 770 g/mol. The van der Waals surface area contributed by atoms with Gasteiger partial charge in [-0.2, -0.15) is 0 Å². The van der Waals surface area contributed by atoms with Crippen molar-refractivity contribution in [3.05, 3.63) is 96.4 Å². The van der Waals surface area contributed by atoms with E-state index in [1.54, 1.807) is 12.3 Å². The molecule has 1 aliphatic carbocycles. The molecule has 2 aromatic heterocycles. The summed E-state index contributed by atoms with van der Waals surface area (Å²) in [4.78, 5) is 18.9. The molecule has 1 saturated carbocycles. The number of rotatable bonds is 3. The number of carboxylic acid groups (broad SMARTS) is 1. The monoisotopic (exact) mass is 772 g/mol. The van der Waals surface area contributed by atoms with E-state index in [0.717, 1.165) is 11.3 Å². The van der Waals surface area contributed by atoms with Gasteiger partial charge in [-0.1, -0.05) is 18.9 Å². The molecule has 1 fully saturated rings. The molecule has 0 atom stereocenters. The first-order valence-corrected chi connectivity index (χ1v) is 14.7. The van der Waals surface area contributed by atoms with Gasteiger partial charge >= 0.3 is 137 Å². The number of aromatic nitrogens is 2. The van der Waals surface area contributed by atoms with Gasteiger partial charge in [0.05, 0.1) is 0 Å². The van der Waals surface area contributed by atoms with Crippen LogP contribution in [0.15, 0.2) is 79.1 Å². The summed E-state index contributed by atoms with van der Waals surface area (Å²) in [5.74, 6) is -0.353. The van der Waals surface area contributed by atoms with Crippen molar-refractivity contribution < 1.29 is 30.0 Å². The predicted molar refractivity (Wildman–Crippen MR) is 137 cm³/mol. The molecule has 0 spiro atoms. The topological polar surface area (TPSA) is 63.1 Å². The molecule has 3 heterocycles. The normalized spacial score (nSPS) is 14.1. The molecule has 1 radical (unpaired) electrons. The zero-order chi connectivity index (χ0) is 23.3. The van der Waals surface area contributed by atoms with E-state index in [1.807, 2.05) is 30.5 Å². The summed E-state index contributed by atoms with van der Waals surface area (Å²) in [6.07, 6.45) is 8.55. The SMILES string of the molecule is O=C(O)c1ccc(C2CCCC2)cn1.[Ir].[c-]1cc2c(cc1-c1ccccn1)[Se]c1ccccc1[Se]2. The van der Waals surface area contributed by atoms with Crippen LogP contribution in [0.2, 0.25) is 0 Å². The Kier molecular flexibility index (Phi) is 9.08. The molecule has 1 aliphatic heterocycles. The summed E-state index contributed by atoms with van der Waals surface area (Å²) in [5.41, 5.74) is 3.44. The molecule has 1 N–H and O–H groups in total. The van der Waals surface area contributed by atoms with Gasteiger partial charge in [-0.05, 0) is 30.4 Å². The van der Waals surface area contributed by atoms with Gasteiger partial charge in [-0.25, -0.2) is 9.78 Å². The first kappa shape index (κ1) is 26.0. The van der Waals surface area contributed by atoms with Crippen molar-refractivity contribution in [1.29, 1.82) is 0 Å². The number of hydrogen-bond donors (Lipinski definition) is 1. The molecule has 179 valence electrons. The third-order valence-corrected chi connectivity index (χ3v) is 12.0. The second-order valence-corrected chi connectivity index (χ2v) is 12.8. The molecule has 0 bridgehead atoms. The van der Waals surface area contributed by atoms with Crippen molar-refractivity contribution in [3.8, 4) is 11.3 Å². The second kappa shape index (κ2) is 12.2. The average Bonchev–Trinajstić information content (AvgIpc) is 3.43. The van der Waals surface area contributed by atoms with E-state index in [-0.39, 0.29) is 25.8 Å². The maximum atomic E-state index is 10.6. The van der Waals surface area contributed by atoms with Gasteiger partial charge in [0.15, 0.2) is 0 Å².